The largest absolute Gasteiger partial charge is 0.394 e. The average molecular weight is 864 g/mol. The first-order chi connectivity index (χ1) is 29.8. The molecule has 0 bridgehead atoms. The molecule has 0 saturated carbocycles. The number of nitrogens with one attached hydrogen (secondary N) is 1. The smallest absolute Gasteiger partial charge is 0.220 e. The molecule has 6 N–H and O–H groups in total. The summed E-state index contributed by atoms with van der Waals surface area (Å²) in [5, 5.41) is 54.2. The van der Waals surface area contributed by atoms with E-state index in [4.69, 9.17) is 9.47 Å². The monoisotopic (exact) mass is 864 g/mol. The van der Waals surface area contributed by atoms with Gasteiger partial charge in [-0.1, -0.05) is 211 Å². The predicted molar refractivity (Wildman–Crippen MR) is 253 cm³/mol. The third-order valence-corrected chi connectivity index (χ3v) is 12.2. The normalized spacial score (nSPS) is 20.7. The van der Waals surface area contributed by atoms with Gasteiger partial charge in [0, 0.05) is 6.42 Å². The molecule has 1 aliphatic rings. The number of ether oxygens (including phenoxy) is 2. The Morgan fingerprint density at radius 1 is 0.541 bits per heavy atom. The number of aliphatic hydroxyl groups excluding tert-OH is 5. The number of carbonyl (C=O) groups excluding carboxylic acids is 1. The van der Waals surface area contributed by atoms with Crippen LogP contribution in [-0.4, -0.2) is 87.5 Å². The minimum atomic E-state index is -1.57. The van der Waals surface area contributed by atoms with E-state index in [-0.39, 0.29) is 12.5 Å². The van der Waals surface area contributed by atoms with Crippen molar-refractivity contribution >= 4 is 5.91 Å². The van der Waals surface area contributed by atoms with Crippen molar-refractivity contribution in [2.75, 3.05) is 13.2 Å². The molecule has 61 heavy (non-hydrogen) atoms. The summed E-state index contributed by atoms with van der Waals surface area (Å²) in [6.07, 6.45) is 46.6. The van der Waals surface area contributed by atoms with Gasteiger partial charge in [-0.05, 0) is 51.4 Å². The first kappa shape index (κ1) is 57.4. The van der Waals surface area contributed by atoms with Crippen molar-refractivity contribution in [1.29, 1.82) is 0 Å². The van der Waals surface area contributed by atoms with E-state index in [9.17, 15) is 30.3 Å². The molecule has 0 aromatic carbocycles. The van der Waals surface area contributed by atoms with Gasteiger partial charge in [-0.15, -0.1) is 0 Å². The second kappa shape index (κ2) is 42.4. The average Bonchev–Trinajstić information content (AvgIpc) is 3.26. The fraction of sp³-hybridized carbons (Fsp3) is 0.865. The van der Waals surface area contributed by atoms with E-state index < -0.39 is 49.5 Å². The van der Waals surface area contributed by atoms with Gasteiger partial charge in [0.1, 0.15) is 24.4 Å². The molecule has 0 aromatic heterocycles. The third kappa shape index (κ3) is 32.7. The first-order valence-corrected chi connectivity index (χ1v) is 25.7. The summed E-state index contributed by atoms with van der Waals surface area (Å²) in [6, 6.07) is -0.824. The number of rotatable bonds is 43. The number of amides is 1. The highest BCUT2D eigenvalue weighted by molar-refractivity contribution is 5.76. The molecule has 9 nitrogen and oxygen atoms in total. The van der Waals surface area contributed by atoms with Gasteiger partial charge in [-0.3, -0.25) is 4.79 Å². The summed E-state index contributed by atoms with van der Waals surface area (Å²) >= 11 is 0. The maximum Gasteiger partial charge on any atom is 0.220 e. The molecular weight excluding hydrogens is 767 g/mol. The quantitative estimate of drug-likeness (QED) is 0.0262. The minimum Gasteiger partial charge on any atom is -0.394 e. The van der Waals surface area contributed by atoms with E-state index >= 15 is 0 Å². The second-order valence-corrected chi connectivity index (χ2v) is 18.0. The van der Waals surface area contributed by atoms with Crippen LogP contribution in [0.2, 0.25) is 0 Å². The molecule has 0 aliphatic carbocycles. The van der Waals surface area contributed by atoms with Crippen molar-refractivity contribution in [2.45, 2.75) is 275 Å². The van der Waals surface area contributed by atoms with Crippen LogP contribution in [0.4, 0.5) is 0 Å². The zero-order valence-corrected chi connectivity index (χ0v) is 39.4. The van der Waals surface area contributed by atoms with Crippen LogP contribution in [0.1, 0.15) is 232 Å². The van der Waals surface area contributed by atoms with Gasteiger partial charge in [-0.25, -0.2) is 0 Å². The van der Waals surface area contributed by atoms with Gasteiger partial charge in [0.2, 0.25) is 5.91 Å². The van der Waals surface area contributed by atoms with Gasteiger partial charge >= 0.3 is 0 Å². The molecule has 7 atom stereocenters. The van der Waals surface area contributed by atoms with Crippen LogP contribution in [0.5, 0.6) is 0 Å². The highest BCUT2D eigenvalue weighted by atomic mass is 16.7. The molecule has 0 radical (unpaired) electrons. The van der Waals surface area contributed by atoms with Crippen LogP contribution in [0.25, 0.3) is 0 Å². The molecule has 0 aromatic rings. The van der Waals surface area contributed by atoms with Crippen molar-refractivity contribution in [3.8, 4) is 0 Å². The second-order valence-electron chi connectivity index (χ2n) is 18.0. The summed E-state index contributed by atoms with van der Waals surface area (Å²) < 4.78 is 11.2. The maximum atomic E-state index is 12.9. The Morgan fingerprint density at radius 3 is 1.44 bits per heavy atom. The third-order valence-electron chi connectivity index (χ3n) is 12.2. The zero-order chi connectivity index (χ0) is 44.4. The lowest BCUT2D eigenvalue weighted by molar-refractivity contribution is -0.302. The SMILES string of the molecule is CCC/C=C\CCCCCCCC(=O)NC(COC1OC(CO)C(O)C(O)C1O)C(O)/C=C/CC/C=C/CCCCCCCCCCCCCCCCCCCCCCCC. The van der Waals surface area contributed by atoms with E-state index in [1.807, 2.05) is 6.08 Å². The van der Waals surface area contributed by atoms with Gasteiger partial charge < -0.3 is 40.3 Å². The lowest BCUT2D eigenvalue weighted by atomic mass is 9.99. The molecule has 1 amide bonds. The van der Waals surface area contributed by atoms with Crippen LogP contribution in [-0.2, 0) is 14.3 Å². The van der Waals surface area contributed by atoms with Crippen LogP contribution in [0.15, 0.2) is 36.5 Å². The van der Waals surface area contributed by atoms with E-state index in [1.54, 1.807) is 6.08 Å². The minimum absolute atomic E-state index is 0.198. The zero-order valence-electron chi connectivity index (χ0n) is 39.4. The molecule has 9 heteroatoms. The van der Waals surface area contributed by atoms with Crippen molar-refractivity contribution < 1.29 is 39.8 Å². The molecule has 1 heterocycles. The van der Waals surface area contributed by atoms with Crippen molar-refractivity contribution in [3.05, 3.63) is 36.5 Å². The Kier molecular flexibility index (Phi) is 39.9. The standard InChI is InChI=1S/C52H97NO8/c1-3-5-7-9-11-13-15-16-17-18-19-20-21-22-23-24-25-26-27-28-29-30-31-32-33-35-37-39-41-46(55)45(44-60-52-51(59)50(58)49(57)47(43-54)61-52)53-48(56)42-40-38-36-34-14-12-10-8-6-4-2/h8,10,32-33,39,41,45-47,49-52,54-55,57-59H,3-7,9,11-31,34-38,40,42-44H2,1-2H3,(H,53,56)/b10-8-,33-32+,41-39+. The molecule has 0 spiro atoms. The van der Waals surface area contributed by atoms with E-state index in [1.165, 1.54) is 148 Å². The Morgan fingerprint density at radius 2 is 0.967 bits per heavy atom. The van der Waals surface area contributed by atoms with Crippen LogP contribution in [0.3, 0.4) is 0 Å². The first-order valence-electron chi connectivity index (χ1n) is 25.7. The lowest BCUT2D eigenvalue weighted by Gasteiger charge is -2.40. The maximum absolute atomic E-state index is 12.9. The number of hydrogen-bond acceptors (Lipinski definition) is 8. The summed E-state index contributed by atoms with van der Waals surface area (Å²) in [5.74, 6) is -0.198. The van der Waals surface area contributed by atoms with Gasteiger partial charge in [0.05, 0.1) is 25.4 Å². The highest BCUT2D eigenvalue weighted by Crippen LogP contribution is 2.23. The van der Waals surface area contributed by atoms with Gasteiger partial charge in [0.25, 0.3) is 0 Å². The number of allylic oxidation sites excluding steroid dienone is 5. The fourth-order valence-electron chi connectivity index (χ4n) is 8.06. The Bertz CT molecular complexity index is 1050. The van der Waals surface area contributed by atoms with E-state index in [0.717, 1.165) is 64.2 Å². The number of hydrogen-bond donors (Lipinski definition) is 6. The molecule has 1 rings (SSSR count). The Labute approximate surface area is 374 Å². The lowest BCUT2D eigenvalue weighted by Crippen LogP contribution is -2.60. The molecule has 7 unspecified atom stereocenters. The number of unbranched alkanes of at least 4 members (excludes halogenated alkanes) is 29. The van der Waals surface area contributed by atoms with Crippen LogP contribution < -0.4 is 5.32 Å². The summed E-state index contributed by atoms with van der Waals surface area (Å²) in [6.45, 7) is 3.69. The van der Waals surface area contributed by atoms with Crippen LogP contribution in [0, 0.1) is 0 Å². The molecular formula is C52H97NO8. The number of aliphatic hydroxyl groups is 5. The topological polar surface area (TPSA) is 149 Å². The highest BCUT2D eigenvalue weighted by Gasteiger charge is 2.44. The Balaban J connectivity index is 2.21. The summed E-state index contributed by atoms with van der Waals surface area (Å²) in [7, 11) is 0. The number of carbonyl (C=O) groups is 1. The van der Waals surface area contributed by atoms with Crippen LogP contribution >= 0.6 is 0 Å². The molecule has 1 fully saturated rings. The molecule has 1 saturated heterocycles. The van der Waals surface area contributed by atoms with E-state index in [2.05, 4.69) is 43.5 Å². The predicted octanol–water partition coefficient (Wildman–Crippen LogP) is 11.6. The van der Waals surface area contributed by atoms with Crippen molar-refractivity contribution in [3.63, 3.8) is 0 Å². The molecule has 358 valence electrons. The fourth-order valence-corrected chi connectivity index (χ4v) is 8.06. The van der Waals surface area contributed by atoms with Crippen molar-refractivity contribution in [1.82, 2.24) is 5.32 Å². The van der Waals surface area contributed by atoms with E-state index in [0.29, 0.717) is 6.42 Å². The molecule has 1 aliphatic heterocycles. The Hall–Kier alpha value is -1.59. The van der Waals surface area contributed by atoms with Gasteiger partial charge in [0.15, 0.2) is 6.29 Å². The van der Waals surface area contributed by atoms with Gasteiger partial charge in [-0.2, -0.15) is 0 Å². The van der Waals surface area contributed by atoms with Crippen molar-refractivity contribution in [2.24, 2.45) is 0 Å². The summed E-state index contributed by atoms with van der Waals surface area (Å²) in [4.78, 5) is 12.9. The summed E-state index contributed by atoms with van der Waals surface area (Å²) in [5.41, 5.74) is 0.